The van der Waals surface area contributed by atoms with Crippen molar-refractivity contribution in [2.45, 2.75) is 46.1 Å². The summed E-state index contributed by atoms with van der Waals surface area (Å²) in [5.41, 5.74) is 2.21. The second kappa shape index (κ2) is 7.90. The Kier molecular flexibility index (Phi) is 6.52. The molecule has 0 saturated heterocycles. The highest BCUT2D eigenvalue weighted by Gasteiger charge is 2.17. The third-order valence-corrected chi connectivity index (χ3v) is 3.10. The molecule has 0 bridgehead atoms. The van der Waals surface area contributed by atoms with Crippen LogP contribution in [0.4, 0.5) is 0 Å². The minimum Gasteiger partial charge on any atom is -0.481 e. The number of carbonyl (C=O) groups excluding carboxylic acids is 1. The zero-order valence-corrected chi connectivity index (χ0v) is 12.8. The standard InChI is InChI=1S/C16H25NO3/c1-11(2)14-7-6-12(3)10-15(14)20-13(4)16(19)17-8-5-9-18/h6-7,10-11,13,18H,5,8-9H2,1-4H3,(H,17,19). The second-order valence-corrected chi connectivity index (χ2v) is 5.32. The minimum atomic E-state index is -0.548. The molecule has 4 nitrogen and oxygen atoms in total. The van der Waals surface area contributed by atoms with Gasteiger partial charge < -0.3 is 15.2 Å². The van der Waals surface area contributed by atoms with Crippen LogP contribution >= 0.6 is 0 Å². The van der Waals surface area contributed by atoms with Gasteiger partial charge in [-0.15, -0.1) is 0 Å². The number of carbonyl (C=O) groups is 1. The Morgan fingerprint density at radius 2 is 2.05 bits per heavy atom. The molecule has 0 aliphatic heterocycles. The maximum absolute atomic E-state index is 11.9. The summed E-state index contributed by atoms with van der Waals surface area (Å²) in [5.74, 6) is 0.953. The molecular formula is C16H25NO3. The van der Waals surface area contributed by atoms with Gasteiger partial charge in [0.2, 0.25) is 0 Å². The fraction of sp³-hybridized carbons (Fsp3) is 0.562. The molecule has 0 fully saturated rings. The number of hydrogen-bond donors (Lipinski definition) is 2. The van der Waals surface area contributed by atoms with Crippen molar-refractivity contribution >= 4 is 5.91 Å². The van der Waals surface area contributed by atoms with Gasteiger partial charge >= 0.3 is 0 Å². The van der Waals surface area contributed by atoms with Crippen LogP contribution in [0.15, 0.2) is 18.2 Å². The summed E-state index contributed by atoms with van der Waals surface area (Å²) < 4.78 is 5.81. The predicted octanol–water partition coefficient (Wildman–Crippen LogP) is 2.38. The summed E-state index contributed by atoms with van der Waals surface area (Å²) in [4.78, 5) is 11.9. The van der Waals surface area contributed by atoms with Gasteiger partial charge in [0.25, 0.3) is 5.91 Å². The van der Waals surface area contributed by atoms with Crippen LogP contribution in [0.3, 0.4) is 0 Å². The summed E-state index contributed by atoms with van der Waals surface area (Å²) in [7, 11) is 0. The van der Waals surface area contributed by atoms with Crippen LogP contribution in [0.5, 0.6) is 5.75 Å². The van der Waals surface area contributed by atoms with Gasteiger partial charge in [0.15, 0.2) is 6.10 Å². The SMILES string of the molecule is Cc1ccc(C(C)C)c(OC(C)C(=O)NCCCO)c1. The van der Waals surface area contributed by atoms with Crippen LogP contribution in [0.2, 0.25) is 0 Å². The Bertz CT molecular complexity index is 443. The van der Waals surface area contributed by atoms with Crippen molar-refractivity contribution in [1.82, 2.24) is 5.32 Å². The lowest BCUT2D eigenvalue weighted by molar-refractivity contribution is -0.127. The number of rotatable bonds is 7. The van der Waals surface area contributed by atoms with Gasteiger partial charge in [-0.25, -0.2) is 0 Å². The van der Waals surface area contributed by atoms with Crippen LogP contribution in [0, 0.1) is 6.92 Å². The third kappa shape index (κ3) is 4.85. The number of aliphatic hydroxyl groups excluding tert-OH is 1. The van der Waals surface area contributed by atoms with E-state index in [-0.39, 0.29) is 12.5 Å². The van der Waals surface area contributed by atoms with Crippen molar-refractivity contribution < 1.29 is 14.6 Å². The summed E-state index contributed by atoms with van der Waals surface area (Å²) in [6.07, 6.45) is 0.00755. The van der Waals surface area contributed by atoms with Crippen molar-refractivity contribution in [3.63, 3.8) is 0 Å². The molecule has 4 heteroatoms. The van der Waals surface area contributed by atoms with Gasteiger partial charge in [-0.1, -0.05) is 26.0 Å². The number of benzene rings is 1. The van der Waals surface area contributed by atoms with Crippen LogP contribution < -0.4 is 10.1 Å². The van der Waals surface area contributed by atoms with E-state index in [1.54, 1.807) is 6.92 Å². The van der Waals surface area contributed by atoms with Gasteiger partial charge in [0.1, 0.15) is 5.75 Å². The highest BCUT2D eigenvalue weighted by atomic mass is 16.5. The van der Waals surface area contributed by atoms with E-state index in [0.717, 1.165) is 16.9 Å². The first kappa shape index (κ1) is 16.5. The molecule has 0 aliphatic rings. The predicted molar refractivity (Wildman–Crippen MR) is 80.1 cm³/mol. The Labute approximate surface area is 121 Å². The normalized spacial score (nSPS) is 12.3. The van der Waals surface area contributed by atoms with E-state index in [1.165, 1.54) is 0 Å². The highest BCUT2D eigenvalue weighted by molar-refractivity contribution is 5.80. The van der Waals surface area contributed by atoms with E-state index in [0.29, 0.717) is 18.9 Å². The van der Waals surface area contributed by atoms with Crippen molar-refractivity contribution in [2.24, 2.45) is 0 Å². The molecular weight excluding hydrogens is 254 g/mol. The summed E-state index contributed by atoms with van der Waals surface area (Å²) >= 11 is 0. The summed E-state index contributed by atoms with van der Waals surface area (Å²) in [6.45, 7) is 8.48. The largest absolute Gasteiger partial charge is 0.481 e. The lowest BCUT2D eigenvalue weighted by Gasteiger charge is -2.19. The average molecular weight is 279 g/mol. The molecule has 112 valence electrons. The fourth-order valence-corrected chi connectivity index (χ4v) is 1.90. The van der Waals surface area contributed by atoms with E-state index in [1.807, 2.05) is 25.1 Å². The maximum Gasteiger partial charge on any atom is 0.260 e. The number of amides is 1. The van der Waals surface area contributed by atoms with Crippen molar-refractivity contribution in [2.75, 3.05) is 13.2 Å². The fourth-order valence-electron chi connectivity index (χ4n) is 1.90. The van der Waals surface area contributed by atoms with Gasteiger partial charge in [0, 0.05) is 13.2 Å². The molecule has 0 spiro atoms. The molecule has 1 aromatic rings. The van der Waals surface area contributed by atoms with Crippen molar-refractivity contribution in [3.8, 4) is 5.75 Å². The molecule has 0 saturated carbocycles. The number of hydrogen-bond acceptors (Lipinski definition) is 3. The van der Waals surface area contributed by atoms with Crippen LogP contribution in [0.1, 0.15) is 44.2 Å². The summed E-state index contributed by atoms with van der Waals surface area (Å²) in [6, 6.07) is 6.06. The van der Waals surface area contributed by atoms with E-state index < -0.39 is 6.10 Å². The molecule has 1 rings (SSSR count). The Morgan fingerprint density at radius 1 is 1.35 bits per heavy atom. The Morgan fingerprint density at radius 3 is 2.65 bits per heavy atom. The monoisotopic (exact) mass is 279 g/mol. The third-order valence-electron chi connectivity index (χ3n) is 3.10. The van der Waals surface area contributed by atoms with Crippen LogP contribution in [0.25, 0.3) is 0 Å². The van der Waals surface area contributed by atoms with Crippen molar-refractivity contribution in [3.05, 3.63) is 29.3 Å². The van der Waals surface area contributed by atoms with Gasteiger partial charge in [-0.3, -0.25) is 4.79 Å². The zero-order chi connectivity index (χ0) is 15.1. The molecule has 20 heavy (non-hydrogen) atoms. The van der Waals surface area contributed by atoms with E-state index >= 15 is 0 Å². The highest BCUT2D eigenvalue weighted by Crippen LogP contribution is 2.28. The first-order valence-corrected chi connectivity index (χ1v) is 7.11. The molecule has 1 amide bonds. The topological polar surface area (TPSA) is 58.6 Å². The molecule has 0 aliphatic carbocycles. The number of aliphatic hydroxyl groups is 1. The zero-order valence-electron chi connectivity index (χ0n) is 12.8. The molecule has 1 aromatic carbocycles. The summed E-state index contributed by atoms with van der Waals surface area (Å²) in [5, 5.41) is 11.4. The average Bonchev–Trinajstić information content (AvgIpc) is 2.38. The number of aryl methyl sites for hydroxylation is 1. The van der Waals surface area contributed by atoms with Crippen LogP contribution in [-0.4, -0.2) is 30.3 Å². The van der Waals surface area contributed by atoms with Gasteiger partial charge in [-0.05, 0) is 43.4 Å². The van der Waals surface area contributed by atoms with Gasteiger partial charge in [0.05, 0.1) is 0 Å². The Hall–Kier alpha value is -1.55. The first-order chi connectivity index (χ1) is 9.45. The maximum atomic E-state index is 11.9. The number of nitrogens with one attached hydrogen (secondary N) is 1. The van der Waals surface area contributed by atoms with E-state index in [2.05, 4.69) is 19.2 Å². The number of ether oxygens (including phenoxy) is 1. The quantitative estimate of drug-likeness (QED) is 0.753. The minimum absolute atomic E-state index is 0.0743. The molecule has 1 unspecified atom stereocenters. The van der Waals surface area contributed by atoms with E-state index in [4.69, 9.17) is 9.84 Å². The van der Waals surface area contributed by atoms with Crippen LogP contribution in [-0.2, 0) is 4.79 Å². The lowest BCUT2D eigenvalue weighted by atomic mass is 10.0. The van der Waals surface area contributed by atoms with Crippen molar-refractivity contribution in [1.29, 1.82) is 0 Å². The molecule has 0 aromatic heterocycles. The molecule has 2 N–H and O–H groups in total. The molecule has 0 heterocycles. The molecule has 1 atom stereocenters. The molecule has 0 radical (unpaired) electrons. The Balaban J connectivity index is 2.71. The second-order valence-electron chi connectivity index (χ2n) is 5.32. The smallest absolute Gasteiger partial charge is 0.260 e. The first-order valence-electron chi connectivity index (χ1n) is 7.11. The van der Waals surface area contributed by atoms with E-state index in [9.17, 15) is 4.79 Å². The van der Waals surface area contributed by atoms with Gasteiger partial charge in [-0.2, -0.15) is 0 Å². The lowest BCUT2D eigenvalue weighted by Crippen LogP contribution is -2.37.